The molecule has 1 amide bonds. The van der Waals surface area contributed by atoms with Gasteiger partial charge in [0.1, 0.15) is 5.65 Å². The first-order valence-electron chi connectivity index (χ1n) is 9.86. The average Bonchev–Trinajstić information content (AvgIpc) is 3.49. The molecule has 0 saturated carbocycles. The third kappa shape index (κ3) is 4.47. The molecule has 0 atom stereocenters. The Morgan fingerprint density at radius 3 is 2.52 bits per heavy atom. The summed E-state index contributed by atoms with van der Waals surface area (Å²) in [4.78, 5) is 21.3. The predicted molar refractivity (Wildman–Crippen MR) is 128 cm³/mol. The molecule has 0 fully saturated rings. The number of benzene rings is 2. The molecule has 0 unspecified atom stereocenters. The fourth-order valence-electron chi connectivity index (χ4n) is 3.24. The van der Waals surface area contributed by atoms with Crippen molar-refractivity contribution in [1.82, 2.24) is 14.4 Å². The highest BCUT2D eigenvalue weighted by Crippen LogP contribution is 2.21. The number of fused-ring (bicyclic) bond motifs is 1. The van der Waals surface area contributed by atoms with Crippen LogP contribution in [0.1, 0.15) is 10.4 Å². The van der Waals surface area contributed by atoms with Gasteiger partial charge >= 0.3 is 0 Å². The zero-order valence-corrected chi connectivity index (χ0v) is 18.7. The number of hydrogen-bond acceptors (Lipinski definition) is 6. The molecule has 8 nitrogen and oxygen atoms in total. The summed E-state index contributed by atoms with van der Waals surface area (Å²) in [6, 6.07) is 19.1. The van der Waals surface area contributed by atoms with Crippen molar-refractivity contribution < 1.29 is 13.2 Å². The SMILES string of the molecule is O=C(Nc1ccc(S(=O)(=O)Nc2nccs2)cc1)c1ccn2cc(-c3ccccc3)nc2c1. The zero-order chi connectivity index (χ0) is 22.8. The van der Waals surface area contributed by atoms with Gasteiger partial charge in [0.15, 0.2) is 5.13 Å². The van der Waals surface area contributed by atoms with E-state index in [1.54, 1.807) is 23.7 Å². The number of carbonyl (C=O) groups is 1. The maximum Gasteiger partial charge on any atom is 0.263 e. The van der Waals surface area contributed by atoms with E-state index in [4.69, 9.17) is 0 Å². The summed E-state index contributed by atoms with van der Waals surface area (Å²) in [7, 11) is -3.75. The number of nitrogens with zero attached hydrogens (tertiary/aromatic N) is 3. The Morgan fingerprint density at radius 1 is 1.00 bits per heavy atom. The number of anilines is 2. The lowest BCUT2D eigenvalue weighted by Crippen LogP contribution is -2.14. The summed E-state index contributed by atoms with van der Waals surface area (Å²) in [5.74, 6) is -0.321. The number of imidazole rings is 1. The average molecular weight is 476 g/mol. The third-order valence-corrected chi connectivity index (χ3v) is 7.04. The molecule has 3 aromatic heterocycles. The molecule has 33 heavy (non-hydrogen) atoms. The molecule has 2 aromatic carbocycles. The van der Waals surface area contributed by atoms with Crippen LogP contribution in [0.15, 0.2) is 95.6 Å². The van der Waals surface area contributed by atoms with E-state index in [9.17, 15) is 13.2 Å². The van der Waals surface area contributed by atoms with Gasteiger partial charge in [0.2, 0.25) is 0 Å². The van der Waals surface area contributed by atoms with Crippen LogP contribution in [0.4, 0.5) is 10.8 Å². The van der Waals surface area contributed by atoms with E-state index in [0.29, 0.717) is 16.9 Å². The van der Waals surface area contributed by atoms with Crippen LogP contribution in [0, 0.1) is 0 Å². The fraction of sp³-hybridized carbons (Fsp3) is 0. The normalized spacial score (nSPS) is 11.4. The molecule has 3 heterocycles. The fourth-order valence-corrected chi connectivity index (χ4v) is 5.03. The summed E-state index contributed by atoms with van der Waals surface area (Å²) in [5.41, 5.74) is 3.37. The molecule has 0 radical (unpaired) electrons. The number of hydrogen-bond donors (Lipinski definition) is 2. The van der Waals surface area contributed by atoms with E-state index < -0.39 is 10.0 Å². The minimum atomic E-state index is -3.75. The van der Waals surface area contributed by atoms with Crippen molar-refractivity contribution in [2.45, 2.75) is 4.90 Å². The number of thiazole rings is 1. The molecule has 0 bridgehead atoms. The molecule has 2 N–H and O–H groups in total. The van der Waals surface area contributed by atoms with E-state index in [-0.39, 0.29) is 15.9 Å². The van der Waals surface area contributed by atoms with Crippen LogP contribution in [0.3, 0.4) is 0 Å². The Kier molecular flexibility index (Phi) is 5.37. The second-order valence-electron chi connectivity index (χ2n) is 7.09. The van der Waals surface area contributed by atoms with Crippen molar-refractivity contribution in [2.75, 3.05) is 10.0 Å². The van der Waals surface area contributed by atoms with Crippen molar-refractivity contribution in [3.8, 4) is 11.3 Å². The van der Waals surface area contributed by atoms with Crippen molar-refractivity contribution in [2.24, 2.45) is 0 Å². The number of rotatable bonds is 6. The molecular weight excluding hydrogens is 458 g/mol. The number of sulfonamides is 1. The Hall–Kier alpha value is -4.02. The molecular formula is C23H17N5O3S2. The van der Waals surface area contributed by atoms with Crippen molar-refractivity contribution in [1.29, 1.82) is 0 Å². The highest BCUT2D eigenvalue weighted by Gasteiger charge is 2.16. The second kappa shape index (κ2) is 8.49. The molecule has 0 saturated heterocycles. The van der Waals surface area contributed by atoms with Gasteiger partial charge in [0.25, 0.3) is 15.9 Å². The minimum absolute atomic E-state index is 0.0722. The first-order valence-corrected chi connectivity index (χ1v) is 12.2. The van der Waals surface area contributed by atoms with Crippen LogP contribution in [-0.4, -0.2) is 28.7 Å². The van der Waals surface area contributed by atoms with E-state index >= 15 is 0 Å². The molecule has 10 heteroatoms. The second-order valence-corrected chi connectivity index (χ2v) is 9.67. The van der Waals surface area contributed by atoms with Crippen LogP contribution >= 0.6 is 11.3 Å². The summed E-state index contributed by atoms with van der Waals surface area (Å²) >= 11 is 1.19. The van der Waals surface area contributed by atoms with Crippen molar-refractivity contribution >= 4 is 43.7 Å². The molecule has 0 spiro atoms. The van der Waals surface area contributed by atoms with Gasteiger partial charge in [-0.1, -0.05) is 30.3 Å². The van der Waals surface area contributed by atoms with Crippen LogP contribution < -0.4 is 10.0 Å². The monoisotopic (exact) mass is 475 g/mol. The Balaban J connectivity index is 1.32. The molecule has 0 aliphatic heterocycles. The van der Waals surface area contributed by atoms with Crippen LogP contribution in [0.2, 0.25) is 0 Å². The Morgan fingerprint density at radius 2 is 1.79 bits per heavy atom. The maximum absolute atomic E-state index is 12.7. The van der Waals surface area contributed by atoms with Crippen LogP contribution in [-0.2, 0) is 10.0 Å². The van der Waals surface area contributed by atoms with Gasteiger partial charge in [0.05, 0.1) is 10.6 Å². The molecule has 0 aliphatic rings. The van der Waals surface area contributed by atoms with E-state index in [0.717, 1.165) is 11.3 Å². The number of pyridine rings is 1. The summed E-state index contributed by atoms with van der Waals surface area (Å²) in [6.07, 6.45) is 5.21. The Labute approximate surface area is 193 Å². The lowest BCUT2D eigenvalue weighted by Gasteiger charge is -2.08. The summed E-state index contributed by atoms with van der Waals surface area (Å²) in [5, 5.41) is 4.75. The van der Waals surface area contributed by atoms with E-state index in [1.165, 1.54) is 41.8 Å². The molecule has 0 aliphatic carbocycles. The van der Waals surface area contributed by atoms with Gasteiger partial charge in [0, 0.05) is 40.8 Å². The van der Waals surface area contributed by atoms with Gasteiger partial charge in [-0.25, -0.2) is 18.4 Å². The highest BCUT2D eigenvalue weighted by molar-refractivity contribution is 7.93. The number of nitrogens with one attached hydrogen (secondary N) is 2. The molecule has 5 aromatic rings. The molecule has 5 rings (SSSR count). The first-order chi connectivity index (χ1) is 16.0. The lowest BCUT2D eigenvalue weighted by atomic mass is 10.2. The topological polar surface area (TPSA) is 105 Å². The van der Waals surface area contributed by atoms with Gasteiger partial charge in [-0.15, -0.1) is 11.3 Å². The quantitative estimate of drug-likeness (QED) is 0.376. The van der Waals surface area contributed by atoms with Gasteiger partial charge in [-0.2, -0.15) is 0 Å². The Bertz CT molecular complexity index is 1530. The first kappa shape index (κ1) is 20.9. The minimum Gasteiger partial charge on any atom is -0.322 e. The highest BCUT2D eigenvalue weighted by atomic mass is 32.2. The zero-order valence-electron chi connectivity index (χ0n) is 17.0. The third-order valence-electron chi connectivity index (χ3n) is 4.87. The van der Waals surface area contributed by atoms with Gasteiger partial charge in [-0.05, 0) is 36.4 Å². The summed E-state index contributed by atoms with van der Waals surface area (Å²) < 4.78 is 29.2. The van der Waals surface area contributed by atoms with Crippen LogP contribution in [0.5, 0.6) is 0 Å². The van der Waals surface area contributed by atoms with E-state index in [1.807, 2.05) is 40.9 Å². The smallest absolute Gasteiger partial charge is 0.263 e. The predicted octanol–water partition coefficient (Wildman–Crippen LogP) is 4.51. The standard InChI is InChI=1S/C23H17N5O3S2/c29-22(17-10-12-28-15-20(26-21(28)14-17)16-4-2-1-3-5-16)25-18-6-8-19(9-7-18)33(30,31)27-23-24-11-13-32-23/h1-15H,(H,24,27)(H,25,29). The maximum atomic E-state index is 12.7. The van der Waals surface area contributed by atoms with Gasteiger partial charge in [-0.3, -0.25) is 9.52 Å². The number of aromatic nitrogens is 3. The van der Waals surface area contributed by atoms with Gasteiger partial charge < -0.3 is 9.72 Å². The molecule has 164 valence electrons. The van der Waals surface area contributed by atoms with Crippen LogP contribution in [0.25, 0.3) is 16.9 Å². The number of amides is 1. The lowest BCUT2D eigenvalue weighted by molar-refractivity contribution is 0.102. The van der Waals surface area contributed by atoms with Crippen molar-refractivity contribution in [3.63, 3.8) is 0 Å². The number of carbonyl (C=O) groups excluding carboxylic acids is 1. The van der Waals surface area contributed by atoms with E-state index in [2.05, 4.69) is 20.0 Å². The largest absolute Gasteiger partial charge is 0.322 e. The van der Waals surface area contributed by atoms with Crippen molar-refractivity contribution in [3.05, 3.63) is 96.3 Å². The summed E-state index contributed by atoms with van der Waals surface area (Å²) in [6.45, 7) is 0.